The van der Waals surface area contributed by atoms with Crippen LogP contribution in [-0.4, -0.2) is 19.6 Å². The molecule has 0 saturated heterocycles. The Labute approximate surface area is 157 Å². The van der Waals surface area contributed by atoms with Crippen molar-refractivity contribution in [1.82, 2.24) is 10.6 Å². The molecule has 1 heterocycles. The second kappa shape index (κ2) is 9.17. The van der Waals surface area contributed by atoms with Gasteiger partial charge in [-0.1, -0.05) is 54.6 Å². The van der Waals surface area contributed by atoms with E-state index in [2.05, 4.69) is 34.2 Å². The van der Waals surface area contributed by atoms with Gasteiger partial charge in [0.2, 0.25) is 5.91 Å². The van der Waals surface area contributed by atoms with Gasteiger partial charge in [-0.3, -0.25) is 10.1 Å². The molecule has 2 aromatic carbocycles. The Balaban J connectivity index is 1.60. The molecule has 0 aliphatic rings. The predicted molar refractivity (Wildman–Crippen MR) is 105 cm³/mol. The van der Waals surface area contributed by atoms with Crippen LogP contribution >= 0.6 is 11.3 Å². The van der Waals surface area contributed by atoms with Crippen LogP contribution in [0.2, 0.25) is 0 Å². The Bertz CT molecular complexity index is 819. The summed E-state index contributed by atoms with van der Waals surface area (Å²) in [6.07, 6.45) is 0. The minimum Gasteiger partial charge on any atom is -0.496 e. The summed E-state index contributed by atoms with van der Waals surface area (Å²) in [7, 11) is 1.63. The number of rotatable bonds is 8. The molecule has 134 valence electrons. The highest BCUT2D eigenvalue weighted by atomic mass is 32.1. The molecule has 4 nitrogen and oxygen atoms in total. The van der Waals surface area contributed by atoms with Crippen molar-refractivity contribution >= 4 is 17.2 Å². The fourth-order valence-electron chi connectivity index (χ4n) is 2.78. The Morgan fingerprint density at radius 1 is 1.04 bits per heavy atom. The van der Waals surface area contributed by atoms with Crippen molar-refractivity contribution in [2.24, 2.45) is 0 Å². The van der Waals surface area contributed by atoms with Crippen molar-refractivity contribution < 1.29 is 9.53 Å². The van der Waals surface area contributed by atoms with Crippen molar-refractivity contribution in [2.75, 3.05) is 13.7 Å². The lowest BCUT2D eigenvalue weighted by atomic mass is 10.1. The van der Waals surface area contributed by atoms with Gasteiger partial charge < -0.3 is 10.1 Å². The Hall–Kier alpha value is -2.63. The smallest absolute Gasteiger partial charge is 0.234 e. The summed E-state index contributed by atoms with van der Waals surface area (Å²) in [5.74, 6) is 0.731. The van der Waals surface area contributed by atoms with Crippen LogP contribution in [0.25, 0.3) is 0 Å². The molecule has 5 heteroatoms. The third-order valence-corrected chi connectivity index (χ3v) is 5.03. The summed E-state index contributed by atoms with van der Waals surface area (Å²) in [4.78, 5) is 13.5. The summed E-state index contributed by atoms with van der Waals surface area (Å²) in [6.45, 7) is 0.687. The normalized spacial score (nSPS) is 11.7. The van der Waals surface area contributed by atoms with E-state index in [1.807, 2.05) is 48.5 Å². The standard InChI is InChI=1S/C21H22N2O2S/c1-25-18-11-6-5-10-17(18)14-22-20(24)15-23-21(19-12-7-13-26-19)16-8-3-2-4-9-16/h2-13,21,23H,14-15H2,1H3,(H,22,24)/t21-/m1/s1. The van der Waals surface area contributed by atoms with Gasteiger partial charge in [0.05, 0.1) is 19.7 Å². The molecule has 0 bridgehead atoms. The maximum Gasteiger partial charge on any atom is 0.234 e. The minimum atomic E-state index is -0.0478. The highest BCUT2D eigenvalue weighted by molar-refractivity contribution is 7.10. The molecule has 3 rings (SSSR count). The number of hydrogen-bond donors (Lipinski definition) is 2. The van der Waals surface area contributed by atoms with Crippen LogP contribution in [0.4, 0.5) is 0 Å². The molecule has 2 N–H and O–H groups in total. The van der Waals surface area contributed by atoms with Gasteiger partial charge in [0.25, 0.3) is 0 Å². The first kappa shape index (κ1) is 18.2. The molecule has 1 aromatic heterocycles. The number of benzene rings is 2. The lowest BCUT2D eigenvalue weighted by Gasteiger charge is -2.18. The summed E-state index contributed by atoms with van der Waals surface area (Å²) in [5.41, 5.74) is 2.11. The van der Waals surface area contributed by atoms with Crippen molar-refractivity contribution in [1.29, 1.82) is 0 Å². The van der Waals surface area contributed by atoms with E-state index in [1.165, 1.54) is 4.88 Å². The Morgan fingerprint density at radius 3 is 2.54 bits per heavy atom. The van der Waals surface area contributed by atoms with Crippen molar-refractivity contribution in [2.45, 2.75) is 12.6 Å². The maximum absolute atomic E-state index is 12.3. The number of amides is 1. The molecule has 0 radical (unpaired) electrons. The van der Waals surface area contributed by atoms with Crippen LogP contribution in [0.1, 0.15) is 22.0 Å². The number of ether oxygens (including phenoxy) is 1. The quantitative estimate of drug-likeness (QED) is 0.638. The second-order valence-corrected chi connectivity index (χ2v) is 6.81. The van der Waals surface area contributed by atoms with E-state index in [9.17, 15) is 4.79 Å². The monoisotopic (exact) mass is 366 g/mol. The average Bonchev–Trinajstić information content (AvgIpc) is 3.22. The Morgan fingerprint density at radius 2 is 1.81 bits per heavy atom. The van der Waals surface area contributed by atoms with E-state index in [0.717, 1.165) is 16.9 Å². The number of carbonyl (C=O) groups excluding carboxylic acids is 1. The zero-order valence-corrected chi connectivity index (χ0v) is 15.5. The lowest BCUT2D eigenvalue weighted by Crippen LogP contribution is -2.35. The maximum atomic E-state index is 12.3. The fourth-order valence-corrected chi connectivity index (χ4v) is 3.61. The van der Waals surface area contributed by atoms with Crippen LogP contribution in [0, 0.1) is 0 Å². The third-order valence-electron chi connectivity index (χ3n) is 4.10. The van der Waals surface area contributed by atoms with Gasteiger partial charge >= 0.3 is 0 Å². The van der Waals surface area contributed by atoms with Gasteiger partial charge in [-0.15, -0.1) is 11.3 Å². The van der Waals surface area contributed by atoms with Gasteiger partial charge in [-0.2, -0.15) is 0 Å². The highest BCUT2D eigenvalue weighted by Crippen LogP contribution is 2.25. The van der Waals surface area contributed by atoms with E-state index in [4.69, 9.17) is 4.74 Å². The molecule has 1 amide bonds. The van der Waals surface area contributed by atoms with Crippen molar-refractivity contribution in [3.05, 3.63) is 88.1 Å². The number of methoxy groups -OCH3 is 1. The van der Waals surface area contributed by atoms with E-state index in [1.54, 1.807) is 18.4 Å². The van der Waals surface area contributed by atoms with E-state index in [-0.39, 0.29) is 18.5 Å². The molecular formula is C21H22N2O2S. The summed E-state index contributed by atoms with van der Waals surface area (Å²) < 4.78 is 5.32. The first-order valence-electron chi connectivity index (χ1n) is 8.48. The minimum absolute atomic E-state index is 0.00760. The van der Waals surface area contributed by atoms with Crippen LogP contribution in [-0.2, 0) is 11.3 Å². The van der Waals surface area contributed by atoms with E-state index in [0.29, 0.717) is 6.54 Å². The van der Waals surface area contributed by atoms with Crippen molar-refractivity contribution in [3.8, 4) is 5.75 Å². The van der Waals surface area contributed by atoms with Gasteiger partial charge in [0.15, 0.2) is 0 Å². The third kappa shape index (κ3) is 4.71. The van der Waals surface area contributed by atoms with Crippen LogP contribution in [0.3, 0.4) is 0 Å². The SMILES string of the molecule is COc1ccccc1CNC(=O)CN[C@H](c1ccccc1)c1cccs1. The zero-order chi connectivity index (χ0) is 18.2. The highest BCUT2D eigenvalue weighted by Gasteiger charge is 2.16. The molecule has 0 fully saturated rings. The van der Waals surface area contributed by atoms with Crippen LogP contribution in [0.5, 0.6) is 5.75 Å². The molecule has 26 heavy (non-hydrogen) atoms. The fraction of sp³-hybridized carbons (Fsp3) is 0.190. The van der Waals surface area contributed by atoms with Crippen molar-refractivity contribution in [3.63, 3.8) is 0 Å². The van der Waals surface area contributed by atoms with Crippen LogP contribution in [0.15, 0.2) is 72.1 Å². The molecule has 0 unspecified atom stereocenters. The molecule has 0 spiro atoms. The first-order chi connectivity index (χ1) is 12.8. The van der Waals surface area contributed by atoms with Gasteiger partial charge in [-0.25, -0.2) is 0 Å². The topological polar surface area (TPSA) is 50.4 Å². The Kier molecular flexibility index (Phi) is 6.41. The number of carbonyl (C=O) groups is 1. The van der Waals surface area contributed by atoms with Crippen LogP contribution < -0.4 is 15.4 Å². The van der Waals surface area contributed by atoms with Gasteiger partial charge in [-0.05, 0) is 23.1 Å². The van der Waals surface area contributed by atoms with Gasteiger partial charge in [0, 0.05) is 17.0 Å². The average molecular weight is 366 g/mol. The summed E-state index contributed by atoms with van der Waals surface area (Å²) in [5, 5.41) is 8.37. The number of thiophene rings is 1. The van der Waals surface area contributed by atoms with E-state index < -0.39 is 0 Å². The zero-order valence-electron chi connectivity index (χ0n) is 14.6. The predicted octanol–water partition coefficient (Wildman–Crippen LogP) is 3.75. The largest absolute Gasteiger partial charge is 0.496 e. The molecule has 0 saturated carbocycles. The molecule has 3 aromatic rings. The summed E-state index contributed by atoms with van der Waals surface area (Å²) in [6, 6.07) is 22.0. The number of para-hydroxylation sites is 1. The van der Waals surface area contributed by atoms with E-state index >= 15 is 0 Å². The summed E-state index contributed by atoms with van der Waals surface area (Å²) >= 11 is 1.68. The molecule has 0 aliphatic heterocycles. The van der Waals surface area contributed by atoms with Gasteiger partial charge in [0.1, 0.15) is 5.75 Å². The number of hydrogen-bond acceptors (Lipinski definition) is 4. The lowest BCUT2D eigenvalue weighted by molar-refractivity contribution is -0.120. The number of nitrogens with one attached hydrogen (secondary N) is 2. The second-order valence-electron chi connectivity index (χ2n) is 5.83. The molecule has 0 aliphatic carbocycles. The molecular weight excluding hydrogens is 344 g/mol. The molecule has 1 atom stereocenters. The first-order valence-corrected chi connectivity index (χ1v) is 9.36.